The summed E-state index contributed by atoms with van der Waals surface area (Å²) < 4.78 is 6.01. The summed E-state index contributed by atoms with van der Waals surface area (Å²) in [5.41, 5.74) is 2.49. The Hall–Kier alpha value is -3.51. The number of halogens is 1. The molecule has 0 fully saturated rings. The van der Waals surface area contributed by atoms with Gasteiger partial charge < -0.3 is 10.1 Å². The van der Waals surface area contributed by atoms with E-state index >= 15 is 0 Å². The van der Waals surface area contributed by atoms with Crippen LogP contribution in [0.5, 0.6) is 11.5 Å². The third kappa shape index (κ3) is 3.82. The van der Waals surface area contributed by atoms with Crippen LogP contribution >= 0.6 is 11.6 Å². The van der Waals surface area contributed by atoms with Gasteiger partial charge in [-0.1, -0.05) is 24.9 Å². The molecule has 0 saturated heterocycles. The smallest absolute Gasteiger partial charge is 0.249 e. The van der Waals surface area contributed by atoms with Gasteiger partial charge in [0.15, 0.2) is 0 Å². The number of nitrogens with zero attached hydrogens (tertiary/aromatic N) is 1. The fourth-order valence-corrected chi connectivity index (χ4v) is 3.70. The first kappa shape index (κ1) is 20.8. The molecule has 6 nitrogen and oxygen atoms in total. The third-order valence-electron chi connectivity index (χ3n) is 5.15. The SMILES string of the molecule is CCCc1c(Nc2ccc(Oc3ccnc4cc(C)c(C=O)cc34)cc2Cl)c(=O)c1=O. The van der Waals surface area contributed by atoms with Gasteiger partial charge in [0.2, 0.25) is 10.9 Å². The van der Waals surface area contributed by atoms with Gasteiger partial charge >= 0.3 is 0 Å². The van der Waals surface area contributed by atoms with Crippen LogP contribution in [-0.4, -0.2) is 11.3 Å². The molecule has 0 unspecified atom stereocenters. The van der Waals surface area contributed by atoms with Gasteiger partial charge in [0.1, 0.15) is 17.8 Å². The van der Waals surface area contributed by atoms with E-state index < -0.39 is 10.9 Å². The molecular weight excluding hydrogens is 416 g/mol. The summed E-state index contributed by atoms with van der Waals surface area (Å²) in [6.07, 6.45) is 3.75. The predicted molar refractivity (Wildman–Crippen MR) is 122 cm³/mol. The lowest BCUT2D eigenvalue weighted by atomic mass is 10.0. The molecule has 4 rings (SSSR count). The van der Waals surface area contributed by atoms with E-state index in [2.05, 4.69) is 10.3 Å². The van der Waals surface area contributed by atoms with Crippen molar-refractivity contribution in [2.24, 2.45) is 0 Å². The zero-order valence-electron chi connectivity index (χ0n) is 17.0. The van der Waals surface area contributed by atoms with Crippen molar-refractivity contribution in [3.63, 3.8) is 0 Å². The van der Waals surface area contributed by atoms with Crippen LogP contribution in [0.1, 0.15) is 34.8 Å². The molecule has 0 amide bonds. The number of pyridine rings is 1. The molecule has 0 bridgehead atoms. The van der Waals surface area contributed by atoms with Gasteiger partial charge in [0.25, 0.3) is 0 Å². The van der Waals surface area contributed by atoms with E-state index in [0.29, 0.717) is 56.3 Å². The Morgan fingerprint density at radius 3 is 2.65 bits per heavy atom. The zero-order chi connectivity index (χ0) is 22.1. The average molecular weight is 435 g/mol. The van der Waals surface area contributed by atoms with E-state index in [4.69, 9.17) is 16.3 Å². The topological polar surface area (TPSA) is 85.4 Å². The lowest BCUT2D eigenvalue weighted by molar-refractivity contribution is 0.112. The number of aldehydes is 1. The Morgan fingerprint density at radius 1 is 1.13 bits per heavy atom. The summed E-state index contributed by atoms with van der Waals surface area (Å²) in [4.78, 5) is 39.3. The molecule has 4 aromatic rings. The van der Waals surface area contributed by atoms with Crippen molar-refractivity contribution in [3.8, 4) is 11.5 Å². The number of ether oxygens (including phenoxy) is 1. The third-order valence-corrected chi connectivity index (χ3v) is 5.47. The highest BCUT2D eigenvalue weighted by Gasteiger charge is 2.20. The predicted octanol–water partition coefficient (Wildman–Crippen LogP) is 5.09. The van der Waals surface area contributed by atoms with Gasteiger partial charge in [0, 0.05) is 28.8 Å². The molecule has 0 spiro atoms. The first-order valence-electron chi connectivity index (χ1n) is 9.84. The molecule has 0 atom stereocenters. The molecule has 0 aliphatic rings. The first-order valence-corrected chi connectivity index (χ1v) is 10.2. The number of hydrogen-bond acceptors (Lipinski definition) is 6. The van der Waals surface area contributed by atoms with Gasteiger partial charge in [-0.2, -0.15) is 0 Å². The maximum atomic E-state index is 11.9. The van der Waals surface area contributed by atoms with Crippen molar-refractivity contribution in [2.45, 2.75) is 26.7 Å². The van der Waals surface area contributed by atoms with Gasteiger partial charge in [-0.25, -0.2) is 0 Å². The molecule has 3 aromatic carbocycles. The number of aryl methyl sites for hydroxylation is 1. The van der Waals surface area contributed by atoms with Crippen LogP contribution in [0.25, 0.3) is 10.9 Å². The average Bonchev–Trinajstić information content (AvgIpc) is 2.76. The minimum Gasteiger partial charge on any atom is -0.457 e. The summed E-state index contributed by atoms with van der Waals surface area (Å²) in [7, 11) is 0. The molecule has 31 heavy (non-hydrogen) atoms. The maximum Gasteiger partial charge on any atom is 0.249 e. The Morgan fingerprint density at radius 2 is 1.94 bits per heavy atom. The fraction of sp³-hybridized carbons (Fsp3) is 0.167. The number of aromatic nitrogens is 1. The second-order valence-corrected chi connectivity index (χ2v) is 7.69. The number of hydrogen-bond donors (Lipinski definition) is 1. The highest BCUT2D eigenvalue weighted by atomic mass is 35.5. The van der Waals surface area contributed by atoms with E-state index in [0.717, 1.165) is 18.3 Å². The van der Waals surface area contributed by atoms with E-state index in [1.807, 2.05) is 19.9 Å². The van der Waals surface area contributed by atoms with Crippen LogP contribution in [-0.2, 0) is 6.42 Å². The second-order valence-electron chi connectivity index (χ2n) is 7.28. The van der Waals surface area contributed by atoms with Gasteiger partial charge in [0.05, 0.1) is 21.9 Å². The Bertz CT molecular complexity index is 1390. The van der Waals surface area contributed by atoms with Crippen LogP contribution < -0.4 is 20.9 Å². The Labute approximate surface area is 183 Å². The van der Waals surface area contributed by atoms with E-state index in [1.165, 1.54) is 0 Å². The number of carbonyl (C=O) groups is 1. The molecule has 1 heterocycles. The van der Waals surface area contributed by atoms with E-state index in [-0.39, 0.29) is 0 Å². The molecule has 1 aromatic heterocycles. The van der Waals surface area contributed by atoms with Crippen LogP contribution in [0.4, 0.5) is 11.4 Å². The highest BCUT2D eigenvalue weighted by molar-refractivity contribution is 6.33. The molecule has 0 aliphatic carbocycles. The molecule has 156 valence electrons. The summed E-state index contributed by atoms with van der Waals surface area (Å²) in [6, 6.07) is 10.3. The Balaban J connectivity index is 1.63. The van der Waals surface area contributed by atoms with E-state index in [9.17, 15) is 14.4 Å². The minimum atomic E-state index is -0.524. The zero-order valence-corrected chi connectivity index (χ0v) is 17.7. The summed E-state index contributed by atoms with van der Waals surface area (Å²) in [6.45, 7) is 3.80. The normalized spacial score (nSPS) is 11.1. The first-order chi connectivity index (χ1) is 14.9. The number of carbonyl (C=O) groups excluding carboxylic acids is 1. The van der Waals surface area contributed by atoms with Crippen LogP contribution in [0, 0.1) is 6.92 Å². The quantitative estimate of drug-likeness (QED) is 0.322. The van der Waals surface area contributed by atoms with Crippen LogP contribution in [0.15, 0.2) is 52.2 Å². The van der Waals surface area contributed by atoms with Crippen LogP contribution in [0.3, 0.4) is 0 Å². The van der Waals surface area contributed by atoms with E-state index in [1.54, 1.807) is 36.5 Å². The lowest BCUT2D eigenvalue weighted by Gasteiger charge is -2.15. The molecule has 7 heteroatoms. The van der Waals surface area contributed by atoms with Crippen molar-refractivity contribution >= 4 is 40.2 Å². The monoisotopic (exact) mass is 434 g/mol. The maximum absolute atomic E-state index is 11.9. The molecule has 1 N–H and O–H groups in total. The lowest BCUT2D eigenvalue weighted by Crippen LogP contribution is -2.37. The minimum absolute atomic E-state index is 0.305. The second kappa shape index (κ2) is 8.32. The van der Waals surface area contributed by atoms with Gasteiger partial charge in [-0.05, 0) is 49.2 Å². The Kier molecular flexibility index (Phi) is 5.57. The van der Waals surface area contributed by atoms with Gasteiger partial charge in [-0.15, -0.1) is 0 Å². The molecule has 0 aliphatic heterocycles. The summed E-state index contributed by atoms with van der Waals surface area (Å²) in [5.74, 6) is 1.02. The fourth-order valence-electron chi connectivity index (χ4n) is 3.49. The molecular formula is C24H19ClN2O4. The standard InChI is InChI=1S/C24H19ClN2O4/c1-3-4-16-22(24(30)23(16)29)27-19-6-5-15(11-18(19)25)31-21-7-8-26-20-9-13(2)14(12-28)10-17(20)21/h5-12,27H,3-4H2,1-2H3. The number of anilines is 2. The van der Waals surface area contributed by atoms with Crippen LogP contribution in [0.2, 0.25) is 5.02 Å². The van der Waals surface area contributed by atoms with Crippen molar-refractivity contribution in [3.05, 3.63) is 84.8 Å². The summed E-state index contributed by atoms with van der Waals surface area (Å²) >= 11 is 6.40. The number of nitrogens with one attached hydrogen (secondary N) is 1. The van der Waals surface area contributed by atoms with Gasteiger partial charge in [-0.3, -0.25) is 19.4 Å². The highest BCUT2D eigenvalue weighted by Crippen LogP contribution is 2.34. The summed E-state index contributed by atoms with van der Waals surface area (Å²) in [5, 5.41) is 4.03. The van der Waals surface area contributed by atoms with Crippen molar-refractivity contribution < 1.29 is 9.53 Å². The number of benzene rings is 2. The van der Waals surface area contributed by atoms with Crippen molar-refractivity contribution in [1.82, 2.24) is 4.98 Å². The molecule has 0 radical (unpaired) electrons. The van der Waals surface area contributed by atoms with Crippen molar-refractivity contribution in [1.29, 1.82) is 0 Å². The molecule has 0 saturated carbocycles. The van der Waals surface area contributed by atoms with Crippen molar-refractivity contribution in [2.75, 3.05) is 5.32 Å². The number of rotatable bonds is 7. The largest absolute Gasteiger partial charge is 0.457 e. The number of fused-ring (bicyclic) bond motifs is 1.